The third kappa shape index (κ3) is 4.27. The highest BCUT2D eigenvalue weighted by Gasteiger charge is 2.28. The van der Waals surface area contributed by atoms with E-state index in [1.165, 1.54) is 16.4 Å². The van der Waals surface area contributed by atoms with Crippen LogP contribution in [-0.4, -0.2) is 37.8 Å². The number of rotatable bonds is 7. The summed E-state index contributed by atoms with van der Waals surface area (Å²) in [7, 11) is -2.11. The minimum absolute atomic E-state index is 0.0486. The summed E-state index contributed by atoms with van der Waals surface area (Å²) in [6.07, 6.45) is 2.76. The van der Waals surface area contributed by atoms with E-state index >= 15 is 0 Å². The smallest absolute Gasteiger partial charge is 0.244 e. The lowest BCUT2D eigenvalue weighted by molar-refractivity contribution is 0.382. The third-order valence-corrected chi connectivity index (χ3v) is 6.93. The summed E-state index contributed by atoms with van der Waals surface area (Å²) < 4.78 is 26.7. The minimum atomic E-state index is -3.67. The zero-order valence-electron chi connectivity index (χ0n) is 12.3. The summed E-state index contributed by atoms with van der Waals surface area (Å²) in [5, 5.41) is 0.480. The van der Waals surface area contributed by atoms with Crippen molar-refractivity contribution in [3.8, 4) is 0 Å². The lowest BCUT2D eigenvalue weighted by Gasteiger charge is -2.25. The van der Waals surface area contributed by atoms with Crippen molar-refractivity contribution in [2.45, 2.75) is 30.8 Å². The second kappa shape index (κ2) is 8.04. The zero-order valence-corrected chi connectivity index (χ0v) is 15.4. The Kier molecular flexibility index (Phi) is 7.30. The maximum absolute atomic E-state index is 12.7. The minimum Gasteiger partial charge on any atom is -0.326 e. The number of hydrogen-bond donors (Lipinski definition) is 1. The Balaban J connectivity index is 3.19. The molecule has 0 heterocycles. The maximum Gasteiger partial charge on any atom is 0.244 e. The topological polar surface area (TPSA) is 63.4 Å². The predicted molar refractivity (Wildman–Crippen MR) is 91.8 cm³/mol. The number of benzene rings is 1. The van der Waals surface area contributed by atoms with E-state index < -0.39 is 10.0 Å². The van der Waals surface area contributed by atoms with Crippen LogP contribution in [0.3, 0.4) is 0 Å². The lowest BCUT2D eigenvalue weighted by Crippen LogP contribution is -2.35. The summed E-state index contributed by atoms with van der Waals surface area (Å²) in [5.41, 5.74) is 6.03. The van der Waals surface area contributed by atoms with Gasteiger partial charge in [0.15, 0.2) is 0 Å². The molecule has 4 nitrogen and oxygen atoms in total. The van der Waals surface area contributed by atoms with Crippen molar-refractivity contribution in [2.75, 3.05) is 19.1 Å². The largest absolute Gasteiger partial charge is 0.326 e. The molecule has 0 aliphatic rings. The van der Waals surface area contributed by atoms with Crippen molar-refractivity contribution in [1.29, 1.82) is 0 Å². The summed E-state index contributed by atoms with van der Waals surface area (Å²) in [5.74, 6) is 0.892. The molecule has 0 bridgehead atoms. The van der Waals surface area contributed by atoms with Gasteiger partial charge in [-0.1, -0.05) is 23.2 Å². The van der Waals surface area contributed by atoms with Crippen LogP contribution < -0.4 is 5.73 Å². The van der Waals surface area contributed by atoms with Crippen LogP contribution in [0.5, 0.6) is 0 Å². The van der Waals surface area contributed by atoms with Crippen LogP contribution in [0.15, 0.2) is 17.0 Å². The summed E-state index contributed by atoms with van der Waals surface area (Å²) >= 11 is 13.8. The number of halogens is 2. The quantitative estimate of drug-likeness (QED) is 0.799. The monoisotopic (exact) mass is 370 g/mol. The molecule has 1 unspecified atom stereocenters. The summed E-state index contributed by atoms with van der Waals surface area (Å²) in [6, 6.07) is 2.83. The van der Waals surface area contributed by atoms with Gasteiger partial charge in [-0.05, 0) is 37.5 Å². The Morgan fingerprint density at radius 1 is 1.38 bits per heavy atom. The molecule has 1 rings (SSSR count). The Hall–Kier alpha value is 0.0200. The first kappa shape index (κ1) is 19.1. The van der Waals surface area contributed by atoms with Crippen molar-refractivity contribution in [3.63, 3.8) is 0 Å². The molecule has 0 saturated heterocycles. The van der Waals surface area contributed by atoms with Gasteiger partial charge in [-0.3, -0.25) is 0 Å². The molecule has 8 heteroatoms. The molecule has 0 spiro atoms. The molecule has 0 aliphatic heterocycles. The number of hydrogen-bond acceptors (Lipinski definition) is 4. The number of sulfonamides is 1. The van der Waals surface area contributed by atoms with E-state index in [1.54, 1.807) is 18.8 Å². The molecule has 0 aliphatic carbocycles. The lowest BCUT2D eigenvalue weighted by atomic mass is 10.2. The van der Waals surface area contributed by atoms with Crippen LogP contribution in [-0.2, 0) is 16.6 Å². The van der Waals surface area contributed by atoms with Gasteiger partial charge in [0.2, 0.25) is 10.0 Å². The highest BCUT2D eigenvalue weighted by Crippen LogP contribution is 2.32. The van der Waals surface area contributed by atoms with E-state index in [9.17, 15) is 8.42 Å². The second-order valence-corrected chi connectivity index (χ2v) is 8.43. The molecule has 0 aromatic heterocycles. The van der Waals surface area contributed by atoms with Crippen LogP contribution in [0, 0.1) is 0 Å². The molecule has 1 aromatic carbocycles. The first-order valence-corrected chi connectivity index (χ1v) is 10.00. The number of thioether (sulfide) groups is 1. The van der Waals surface area contributed by atoms with Gasteiger partial charge in [-0.15, -0.1) is 0 Å². The van der Waals surface area contributed by atoms with Crippen LogP contribution in [0.25, 0.3) is 0 Å². The summed E-state index contributed by atoms with van der Waals surface area (Å²) in [4.78, 5) is 0.0486. The zero-order chi connectivity index (χ0) is 16.2. The van der Waals surface area contributed by atoms with Gasteiger partial charge in [0.05, 0.1) is 5.02 Å². The molecule has 2 N–H and O–H groups in total. The molecule has 0 saturated carbocycles. The van der Waals surface area contributed by atoms with Gasteiger partial charge in [0, 0.05) is 30.2 Å². The van der Waals surface area contributed by atoms with Crippen molar-refractivity contribution in [2.24, 2.45) is 5.73 Å². The first-order valence-electron chi connectivity index (χ1n) is 6.41. The Bertz CT molecular complexity index is 594. The highest BCUT2D eigenvalue weighted by atomic mass is 35.5. The van der Waals surface area contributed by atoms with E-state index in [1.807, 2.05) is 13.2 Å². The normalized spacial score (nSPS) is 13.7. The molecule has 120 valence electrons. The summed E-state index contributed by atoms with van der Waals surface area (Å²) in [6.45, 7) is 1.97. The molecular formula is C13H20Cl2N2O2S2. The SMILES string of the molecule is CSCCC(C)N(C)S(=O)(=O)c1ccc(Cl)c(CN)c1Cl. The van der Waals surface area contributed by atoms with E-state index in [0.717, 1.165) is 12.2 Å². The van der Waals surface area contributed by atoms with Crippen molar-refractivity contribution >= 4 is 45.0 Å². The van der Waals surface area contributed by atoms with Gasteiger partial charge in [0.1, 0.15) is 4.90 Å². The van der Waals surface area contributed by atoms with Gasteiger partial charge in [-0.25, -0.2) is 8.42 Å². The van der Waals surface area contributed by atoms with Crippen LogP contribution in [0.2, 0.25) is 10.0 Å². The predicted octanol–water partition coefficient (Wildman–Crippen LogP) is 3.21. The fourth-order valence-electron chi connectivity index (χ4n) is 1.82. The van der Waals surface area contributed by atoms with Crippen LogP contribution in [0.4, 0.5) is 0 Å². The second-order valence-electron chi connectivity index (χ2n) is 4.69. The fraction of sp³-hybridized carbons (Fsp3) is 0.538. The molecule has 1 aromatic rings. The van der Waals surface area contributed by atoms with E-state index in [-0.39, 0.29) is 22.5 Å². The average Bonchev–Trinajstić information content (AvgIpc) is 2.44. The standard InChI is InChI=1S/C13H20Cl2N2O2S2/c1-9(6-7-20-3)17(2)21(18,19)12-5-4-11(14)10(8-16)13(12)15/h4-5,9H,6-8,16H2,1-3H3. The van der Waals surface area contributed by atoms with E-state index in [0.29, 0.717) is 10.6 Å². The van der Waals surface area contributed by atoms with Crippen LogP contribution in [0.1, 0.15) is 18.9 Å². The molecule has 0 amide bonds. The van der Waals surface area contributed by atoms with Crippen molar-refractivity contribution in [1.82, 2.24) is 4.31 Å². The Morgan fingerprint density at radius 2 is 2.00 bits per heavy atom. The first-order chi connectivity index (χ1) is 9.77. The van der Waals surface area contributed by atoms with Crippen molar-refractivity contribution < 1.29 is 8.42 Å². The maximum atomic E-state index is 12.7. The molecular weight excluding hydrogens is 351 g/mol. The van der Waals surface area contributed by atoms with E-state index in [4.69, 9.17) is 28.9 Å². The number of nitrogens with two attached hydrogens (primary N) is 1. The Labute approximate surface area is 141 Å². The molecule has 0 fully saturated rings. The van der Waals surface area contributed by atoms with Crippen LogP contribution >= 0.6 is 35.0 Å². The van der Waals surface area contributed by atoms with Gasteiger partial charge >= 0.3 is 0 Å². The Morgan fingerprint density at radius 3 is 2.52 bits per heavy atom. The van der Waals surface area contributed by atoms with Gasteiger partial charge in [-0.2, -0.15) is 16.1 Å². The highest BCUT2D eigenvalue weighted by molar-refractivity contribution is 7.98. The molecule has 1 atom stereocenters. The molecule has 0 radical (unpaired) electrons. The van der Waals surface area contributed by atoms with Crippen molar-refractivity contribution in [3.05, 3.63) is 27.7 Å². The van der Waals surface area contributed by atoms with E-state index in [2.05, 4.69) is 0 Å². The molecule has 21 heavy (non-hydrogen) atoms. The average molecular weight is 371 g/mol. The third-order valence-electron chi connectivity index (χ3n) is 3.37. The number of nitrogens with zero attached hydrogens (tertiary/aromatic N) is 1. The van der Waals surface area contributed by atoms with Gasteiger partial charge in [0.25, 0.3) is 0 Å². The fourth-order valence-corrected chi connectivity index (χ4v) is 4.70. The van der Waals surface area contributed by atoms with Gasteiger partial charge < -0.3 is 5.73 Å².